The van der Waals surface area contributed by atoms with Gasteiger partial charge in [-0.15, -0.1) is 0 Å². The molecule has 5 nitrogen and oxygen atoms in total. The molecular formula is C12H15ClN2O3. The van der Waals surface area contributed by atoms with Crippen LogP contribution in [0.15, 0.2) is 24.3 Å². The molecule has 2 rings (SSSR count). The summed E-state index contributed by atoms with van der Waals surface area (Å²) in [6.07, 6.45) is 0.0195. The molecule has 6 heteroatoms. The molecule has 0 bridgehead atoms. The number of aliphatic hydroxyl groups excluding tert-OH is 1. The number of carbonyl (C=O) groups is 1. The predicted molar refractivity (Wildman–Crippen MR) is 67.9 cm³/mol. The van der Waals surface area contributed by atoms with Gasteiger partial charge in [-0.2, -0.15) is 0 Å². The first-order chi connectivity index (χ1) is 8.69. The Morgan fingerprint density at radius 3 is 2.72 bits per heavy atom. The van der Waals surface area contributed by atoms with E-state index in [0.29, 0.717) is 18.1 Å². The van der Waals surface area contributed by atoms with E-state index >= 15 is 0 Å². The lowest BCUT2D eigenvalue weighted by Crippen LogP contribution is -2.59. The minimum Gasteiger partial charge on any atom is -0.487 e. The van der Waals surface area contributed by atoms with Crippen molar-refractivity contribution in [3.8, 4) is 5.75 Å². The van der Waals surface area contributed by atoms with Gasteiger partial charge in [-0.1, -0.05) is 11.6 Å². The van der Waals surface area contributed by atoms with Crippen LogP contribution in [-0.4, -0.2) is 48.4 Å². The van der Waals surface area contributed by atoms with Crippen molar-refractivity contribution in [2.75, 3.05) is 26.2 Å². The second-order valence-electron chi connectivity index (χ2n) is 4.05. The third kappa shape index (κ3) is 3.27. The maximum absolute atomic E-state index is 11.5. The van der Waals surface area contributed by atoms with Gasteiger partial charge in [0.1, 0.15) is 11.9 Å². The number of aliphatic hydroxyl groups is 1. The molecule has 0 radical (unpaired) electrons. The molecule has 0 atom stereocenters. The van der Waals surface area contributed by atoms with Gasteiger partial charge in [-0.3, -0.25) is 0 Å². The zero-order valence-corrected chi connectivity index (χ0v) is 10.6. The molecule has 1 aromatic rings. The van der Waals surface area contributed by atoms with E-state index in [4.69, 9.17) is 21.4 Å². The van der Waals surface area contributed by atoms with E-state index in [1.54, 1.807) is 29.2 Å². The van der Waals surface area contributed by atoms with Gasteiger partial charge < -0.3 is 20.1 Å². The van der Waals surface area contributed by atoms with E-state index in [1.807, 2.05) is 0 Å². The van der Waals surface area contributed by atoms with E-state index in [2.05, 4.69) is 5.32 Å². The van der Waals surface area contributed by atoms with Gasteiger partial charge in [0, 0.05) is 11.6 Å². The smallest absolute Gasteiger partial charge is 0.317 e. The molecule has 2 amide bonds. The first kappa shape index (κ1) is 13.0. The predicted octanol–water partition coefficient (Wildman–Crippen LogP) is 1.10. The van der Waals surface area contributed by atoms with Crippen LogP contribution in [0.3, 0.4) is 0 Å². The molecule has 18 heavy (non-hydrogen) atoms. The van der Waals surface area contributed by atoms with Crippen molar-refractivity contribution in [1.29, 1.82) is 0 Å². The molecule has 1 aliphatic heterocycles. The summed E-state index contributed by atoms with van der Waals surface area (Å²) in [6.45, 7) is 1.34. The maximum Gasteiger partial charge on any atom is 0.317 e. The fourth-order valence-electron chi connectivity index (χ4n) is 1.66. The average Bonchev–Trinajstić information content (AvgIpc) is 2.32. The molecule has 1 saturated heterocycles. The number of hydrogen-bond acceptors (Lipinski definition) is 3. The summed E-state index contributed by atoms with van der Waals surface area (Å²) >= 11 is 5.77. The quantitative estimate of drug-likeness (QED) is 0.861. The summed E-state index contributed by atoms with van der Waals surface area (Å²) in [7, 11) is 0. The van der Waals surface area contributed by atoms with E-state index in [9.17, 15) is 4.79 Å². The standard InChI is InChI=1S/C12H15ClN2O3/c13-9-1-3-10(4-2-9)18-11-7-15(8-11)12(17)14-5-6-16/h1-4,11,16H,5-8H2,(H,14,17). The number of benzene rings is 1. The Bertz CT molecular complexity index is 404. The first-order valence-corrected chi connectivity index (χ1v) is 6.12. The van der Waals surface area contributed by atoms with E-state index < -0.39 is 0 Å². The number of carbonyl (C=O) groups excluding carboxylic acids is 1. The largest absolute Gasteiger partial charge is 0.487 e. The minimum absolute atomic E-state index is 0.0195. The minimum atomic E-state index is -0.167. The van der Waals surface area contributed by atoms with Crippen LogP contribution in [0.4, 0.5) is 4.79 Å². The molecule has 98 valence electrons. The fraction of sp³-hybridized carbons (Fsp3) is 0.417. The van der Waals surface area contributed by atoms with Crippen molar-refractivity contribution in [1.82, 2.24) is 10.2 Å². The van der Waals surface area contributed by atoms with Crippen LogP contribution in [-0.2, 0) is 0 Å². The fourth-order valence-corrected chi connectivity index (χ4v) is 1.78. The van der Waals surface area contributed by atoms with Crippen molar-refractivity contribution >= 4 is 17.6 Å². The molecule has 0 aliphatic carbocycles. The zero-order valence-electron chi connectivity index (χ0n) is 9.80. The molecule has 1 aromatic carbocycles. The summed E-state index contributed by atoms with van der Waals surface area (Å²) in [4.78, 5) is 13.1. The lowest BCUT2D eigenvalue weighted by atomic mass is 10.2. The highest BCUT2D eigenvalue weighted by atomic mass is 35.5. The Morgan fingerprint density at radius 2 is 2.11 bits per heavy atom. The van der Waals surface area contributed by atoms with Crippen molar-refractivity contribution < 1.29 is 14.6 Å². The zero-order chi connectivity index (χ0) is 13.0. The molecule has 1 fully saturated rings. The van der Waals surface area contributed by atoms with Gasteiger partial charge in [0.05, 0.1) is 19.7 Å². The molecule has 0 unspecified atom stereocenters. The second-order valence-corrected chi connectivity index (χ2v) is 4.49. The van der Waals surface area contributed by atoms with Gasteiger partial charge in [-0.25, -0.2) is 4.79 Å². The number of rotatable bonds is 4. The lowest BCUT2D eigenvalue weighted by Gasteiger charge is -2.38. The Hall–Kier alpha value is -1.46. The van der Waals surface area contributed by atoms with Gasteiger partial charge in [-0.05, 0) is 24.3 Å². The van der Waals surface area contributed by atoms with Crippen LogP contribution in [0, 0.1) is 0 Å². The average molecular weight is 271 g/mol. The molecule has 2 N–H and O–H groups in total. The Morgan fingerprint density at radius 1 is 1.44 bits per heavy atom. The summed E-state index contributed by atoms with van der Waals surface area (Å²) < 4.78 is 5.66. The van der Waals surface area contributed by atoms with Gasteiger partial charge in [0.2, 0.25) is 0 Å². The van der Waals surface area contributed by atoms with Crippen LogP contribution in [0.1, 0.15) is 0 Å². The van der Waals surface area contributed by atoms with Gasteiger partial charge >= 0.3 is 6.03 Å². The third-order valence-corrected chi connectivity index (χ3v) is 2.89. The van der Waals surface area contributed by atoms with Gasteiger partial charge in [0.15, 0.2) is 0 Å². The molecular weight excluding hydrogens is 256 g/mol. The monoisotopic (exact) mass is 270 g/mol. The van der Waals surface area contributed by atoms with Crippen LogP contribution in [0.2, 0.25) is 5.02 Å². The number of nitrogens with one attached hydrogen (secondary N) is 1. The number of hydrogen-bond donors (Lipinski definition) is 2. The maximum atomic E-state index is 11.5. The molecule has 0 saturated carbocycles. The highest BCUT2D eigenvalue weighted by Gasteiger charge is 2.31. The van der Waals surface area contributed by atoms with Crippen LogP contribution in [0.5, 0.6) is 5.75 Å². The van der Waals surface area contributed by atoms with Crippen LogP contribution in [0.25, 0.3) is 0 Å². The van der Waals surface area contributed by atoms with Gasteiger partial charge in [0.25, 0.3) is 0 Å². The Balaban J connectivity index is 1.73. The third-order valence-electron chi connectivity index (χ3n) is 2.64. The van der Waals surface area contributed by atoms with Crippen LogP contribution < -0.4 is 10.1 Å². The SMILES string of the molecule is O=C(NCCO)N1CC(Oc2ccc(Cl)cc2)C1. The normalized spacial score (nSPS) is 15.1. The topological polar surface area (TPSA) is 61.8 Å². The van der Waals surface area contributed by atoms with Crippen molar-refractivity contribution in [2.45, 2.75) is 6.10 Å². The Kier molecular flexibility index (Phi) is 4.28. The molecule has 1 aliphatic rings. The second kappa shape index (κ2) is 5.93. The summed E-state index contributed by atoms with van der Waals surface area (Å²) in [6, 6.07) is 6.97. The highest BCUT2D eigenvalue weighted by molar-refractivity contribution is 6.30. The van der Waals surface area contributed by atoms with E-state index in [0.717, 1.165) is 5.75 Å². The highest BCUT2D eigenvalue weighted by Crippen LogP contribution is 2.20. The van der Waals surface area contributed by atoms with E-state index in [1.165, 1.54) is 0 Å². The number of ether oxygens (including phenoxy) is 1. The first-order valence-electron chi connectivity index (χ1n) is 5.75. The Labute approximate surface area is 110 Å². The molecule has 1 heterocycles. The summed E-state index contributed by atoms with van der Waals surface area (Å²) in [5.41, 5.74) is 0. The molecule has 0 spiro atoms. The van der Waals surface area contributed by atoms with Crippen molar-refractivity contribution in [2.24, 2.45) is 0 Å². The number of likely N-dealkylation sites (tertiary alicyclic amines) is 1. The lowest BCUT2D eigenvalue weighted by molar-refractivity contribution is 0.0441. The number of halogens is 1. The summed E-state index contributed by atoms with van der Waals surface area (Å²) in [5.74, 6) is 0.750. The number of urea groups is 1. The van der Waals surface area contributed by atoms with Crippen molar-refractivity contribution in [3.63, 3.8) is 0 Å². The number of nitrogens with zero attached hydrogens (tertiary/aromatic N) is 1. The number of amides is 2. The van der Waals surface area contributed by atoms with Crippen molar-refractivity contribution in [3.05, 3.63) is 29.3 Å². The van der Waals surface area contributed by atoms with Crippen LogP contribution >= 0.6 is 11.6 Å². The summed E-state index contributed by atoms with van der Waals surface area (Å²) in [5, 5.41) is 11.8. The molecule has 0 aromatic heterocycles. The van der Waals surface area contributed by atoms with E-state index in [-0.39, 0.29) is 25.3 Å².